The van der Waals surface area contributed by atoms with E-state index in [2.05, 4.69) is 0 Å². The van der Waals surface area contributed by atoms with Crippen LogP contribution in [0.1, 0.15) is 23.8 Å². The summed E-state index contributed by atoms with van der Waals surface area (Å²) in [5.41, 5.74) is 1.63. The first kappa shape index (κ1) is 19.0. The number of aromatic nitrogens is 2. The van der Waals surface area contributed by atoms with E-state index >= 15 is 0 Å². The van der Waals surface area contributed by atoms with Gasteiger partial charge in [0, 0.05) is 11.3 Å². The second kappa shape index (κ2) is 7.60. The van der Waals surface area contributed by atoms with Gasteiger partial charge in [0.15, 0.2) is 5.16 Å². The first-order valence-electron chi connectivity index (χ1n) is 9.06. The van der Waals surface area contributed by atoms with Gasteiger partial charge in [0.05, 0.1) is 24.8 Å². The summed E-state index contributed by atoms with van der Waals surface area (Å²) in [4.78, 5) is 32.1. The molecule has 1 fully saturated rings. The van der Waals surface area contributed by atoms with Crippen molar-refractivity contribution in [3.8, 4) is 11.4 Å². The average Bonchev–Trinajstić information content (AvgIpc) is 3.24. The van der Waals surface area contributed by atoms with E-state index in [0.717, 1.165) is 21.7 Å². The lowest BCUT2D eigenvalue weighted by atomic mass is 10.1. The Morgan fingerprint density at radius 1 is 1.32 bits per heavy atom. The molecule has 8 heteroatoms. The van der Waals surface area contributed by atoms with Crippen molar-refractivity contribution in [1.82, 2.24) is 9.55 Å². The first-order valence-corrected chi connectivity index (χ1v) is 10.8. The van der Waals surface area contributed by atoms with E-state index in [-0.39, 0.29) is 16.8 Å². The Balaban J connectivity index is 1.94. The Morgan fingerprint density at radius 2 is 2.07 bits per heavy atom. The number of thiophene rings is 1. The van der Waals surface area contributed by atoms with Crippen LogP contribution in [0.25, 0.3) is 15.9 Å². The van der Waals surface area contributed by atoms with Crippen LogP contribution in [0.3, 0.4) is 0 Å². The van der Waals surface area contributed by atoms with Gasteiger partial charge in [0.25, 0.3) is 5.56 Å². The molecule has 0 unspecified atom stereocenters. The van der Waals surface area contributed by atoms with Crippen LogP contribution < -0.4 is 10.3 Å². The Labute approximate surface area is 170 Å². The normalized spacial score (nSPS) is 16.5. The van der Waals surface area contributed by atoms with Crippen molar-refractivity contribution in [2.45, 2.75) is 37.1 Å². The largest absolute Gasteiger partial charge is 0.497 e. The number of hydrogen-bond donors (Lipinski definition) is 0. The maximum atomic E-state index is 13.5. The molecule has 0 amide bonds. The van der Waals surface area contributed by atoms with E-state index in [1.165, 1.54) is 23.1 Å². The average molecular weight is 417 g/mol. The summed E-state index contributed by atoms with van der Waals surface area (Å²) in [6.07, 6.45) is 1.39. The zero-order chi connectivity index (χ0) is 19.8. The maximum absolute atomic E-state index is 13.5. The summed E-state index contributed by atoms with van der Waals surface area (Å²) in [5, 5.41) is 0.829. The number of methoxy groups -OCH3 is 1. The third-order valence-electron chi connectivity index (χ3n) is 4.81. The predicted molar refractivity (Wildman–Crippen MR) is 111 cm³/mol. The molecule has 0 radical (unpaired) electrons. The molecule has 1 aliphatic rings. The van der Waals surface area contributed by atoms with Crippen molar-refractivity contribution in [1.29, 1.82) is 0 Å². The van der Waals surface area contributed by atoms with Crippen molar-refractivity contribution in [2.24, 2.45) is 0 Å². The lowest BCUT2D eigenvalue weighted by Gasteiger charge is -2.14. The third kappa shape index (κ3) is 3.20. The molecule has 1 saturated heterocycles. The first-order chi connectivity index (χ1) is 13.5. The number of carbonyl (C=O) groups is 1. The van der Waals surface area contributed by atoms with E-state index in [1.807, 2.05) is 38.1 Å². The van der Waals surface area contributed by atoms with Crippen LogP contribution in [-0.2, 0) is 16.0 Å². The predicted octanol–water partition coefficient (Wildman–Crippen LogP) is 3.73. The Hall–Kier alpha value is -2.32. The fourth-order valence-corrected chi connectivity index (χ4v) is 5.61. The lowest BCUT2D eigenvalue weighted by molar-refractivity contribution is -0.137. The van der Waals surface area contributed by atoms with Crippen LogP contribution in [-0.4, -0.2) is 34.5 Å². The number of rotatable bonds is 5. The molecule has 0 aliphatic carbocycles. The van der Waals surface area contributed by atoms with E-state index in [1.54, 1.807) is 11.7 Å². The second-order valence-electron chi connectivity index (χ2n) is 6.47. The molecule has 6 nitrogen and oxygen atoms in total. The highest BCUT2D eigenvalue weighted by Crippen LogP contribution is 2.34. The van der Waals surface area contributed by atoms with Crippen molar-refractivity contribution < 1.29 is 14.3 Å². The zero-order valence-electron chi connectivity index (χ0n) is 15.9. The molecular formula is C20H20N2O4S2. The van der Waals surface area contributed by atoms with Crippen molar-refractivity contribution in [3.05, 3.63) is 45.1 Å². The quantitative estimate of drug-likeness (QED) is 0.466. The van der Waals surface area contributed by atoms with Gasteiger partial charge >= 0.3 is 5.97 Å². The molecule has 1 atom stereocenters. The summed E-state index contributed by atoms with van der Waals surface area (Å²) in [5.74, 6) is 0.456. The number of fused-ring (bicyclic) bond motifs is 1. The molecule has 2 aromatic heterocycles. The van der Waals surface area contributed by atoms with Crippen molar-refractivity contribution >= 4 is 39.3 Å². The van der Waals surface area contributed by atoms with Crippen LogP contribution in [0.5, 0.6) is 5.75 Å². The van der Waals surface area contributed by atoms with E-state index < -0.39 is 0 Å². The Bertz CT molecular complexity index is 1100. The number of aryl methyl sites for hydroxylation is 2. The van der Waals surface area contributed by atoms with Gasteiger partial charge in [-0.05, 0) is 43.2 Å². The molecule has 1 aromatic carbocycles. The SMILES string of the molecule is CCc1c(C)sc2nc(S[C@H]3CCOC3=O)n(-c3ccc(OC)cc3)c(=O)c12. The number of nitrogens with zero attached hydrogens (tertiary/aromatic N) is 2. The van der Waals surface area contributed by atoms with Crippen LogP contribution >= 0.6 is 23.1 Å². The summed E-state index contributed by atoms with van der Waals surface area (Å²) in [6, 6.07) is 7.28. The van der Waals surface area contributed by atoms with Gasteiger partial charge in [-0.3, -0.25) is 14.2 Å². The molecule has 1 aliphatic heterocycles. The van der Waals surface area contributed by atoms with Gasteiger partial charge in [0.1, 0.15) is 15.8 Å². The van der Waals surface area contributed by atoms with Crippen LogP contribution in [0.15, 0.2) is 34.2 Å². The molecular weight excluding hydrogens is 396 g/mol. The molecule has 0 N–H and O–H groups in total. The van der Waals surface area contributed by atoms with Crippen molar-refractivity contribution in [3.63, 3.8) is 0 Å². The van der Waals surface area contributed by atoms with Gasteiger partial charge < -0.3 is 9.47 Å². The zero-order valence-corrected chi connectivity index (χ0v) is 17.5. The summed E-state index contributed by atoms with van der Waals surface area (Å²) < 4.78 is 11.9. The monoisotopic (exact) mass is 416 g/mol. The number of thioether (sulfide) groups is 1. The summed E-state index contributed by atoms with van der Waals surface area (Å²) in [6.45, 7) is 4.47. The maximum Gasteiger partial charge on any atom is 0.319 e. The minimum atomic E-state index is -0.347. The number of carbonyl (C=O) groups excluding carboxylic acids is 1. The number of ether oxygens (including phenoxy) is 2. The molecule has 28 heavy (non-hydrogen) atoms. The molecule has 146 valence electrons. The lowest BCUT2D eigenvalue weighted by Crippen LogP contribution is -2.23. The van der Waals surface area contributed by atoms with Gasteiger partial charge in [-0.1, -0.05) is 18.7 Å². The van der Waals surface area contributed by atoms with Crippen molar-refractivity contribution in [2.75, 3.05) is 13.7 Å². The molecule has 0 saturated carbocycles. The minimum Gasteiger partial charge on any atom is -0.497 e. The number of hydrogen-bond acceptors (Lipinski definition) is 7. The van der Waals surface area contributed by atoms with Gasteiger partial charge in [-0.25, -0.2) is 4.98 Å². The Kier molecular flexibility index (Phi) is 5.16. The molecule has 4 rings (SSSR count). The number of benzene rings is 1. The molecule has 3 aromatic rings. The topological polar surface area (TPSA) is 70.4 Å². The van der Waals surface area contributed by atoms with Crippen LogP contribution in [0.2, 0.25) is 0 Å². The number of esters is 1. The molecule has 3 heterocycles. The second-order valence-corrected chi connectivity index (χ2v) is 8.84. The van der Waals surface area contributed by atoms with Crippen LogP contribution in [0, 0.1) is 6.92 Å². The standard InChI is InChI=1S/C20H20N2O4S2/c1-4-14-11(2)27-17-16(14)18(23)22(12-5-7-13(25-3)8-6-12)20(21-17)28-15-9-10-26-19(15)24/h5-8,15H,4,9-10H2,1-3H3/t15-/m0/s1. The number of cyclic esters (lactones) is 1. The van der Waals surface area contributed by atoms with E-state index in [0.29, 0.717) is 35.0 Å². The highest BCUT2D eigenvalue weighted by atomic mass is 32.2. The third-order valence-corrected chi connectivity index (χ3v) is 7.05. The Morgan fingerprint density at radius 3 is 2.68 bits per heavy atom. The summed E-state index contributed by atoms with van der Waals surface area (Å²) >= 11 is 2.82. The van der Waals surface area contributed by atoms with Gasteiger partial charge in [-0.2, -0.15) is 0 Å². The van der Waals surface area contributed by atoms with Crippen LogP contribution in [0.4, 0.5) is 0 Å². The highest BCUT2D eigenvalue weighted by molar-refractivity contribution is 8.00. The molecule has 0 bridgehead atoms. The fourth-order valence-electron chi connectivity index (χ4n) is 3.37. The fraction of sp³-hybridized carbons (Fsp3) is 0.350. The van der Waals surface area contributed by atoms with Gasteiger partial charge in [0.2, 0.25) is 0 Å². The smallest absolute Gasteiger partial charge is 0.319 e. The van der Waals surface area contributed by atoms with Gasteiger partial charge in [-0.15, -0.1) is 11.3 Å². The minimum absolute atomic E-state index is 0.106. The summed E-state index contributed by atoms with van der Waals surface area (Å²) in [7, 11) is 1.60. The van der Waals surface area contributed by atoms with E-state index in [9.17, 15) is 9.59 Å². The molecule has 0 spiro atoms. The van der Waals surface area contributed by atoms with E-state index in [4.69, 9.17) is 14.5 Å². The highest BCUT2D eigenvalue weighted by Gasteiger charge is 2.30.